The van der Waals surface area contributed by atoms with Crippen molar-refractivity contribution in [2.75, 3.05) is 0 Å². The topological polar surface area (TPSA) is 88.5 Å². The van der Waals surface area contributed by atoms with Gasteiger partial charge in [-0.3, -0.25) is 4.79 Å². The van der Waals surface area contributed by atoms with E-state index in [9.17, 15) is 9.59 Å². The third kappa shape index (κ3) is 4.85. The summed E-state index contributed by atoms with van der Waals surface area (Å²) < 4.78 is 5.08. The predicted molar refractivity (Wildman–Crippen MR) is 81.7 cm³/mol. The van der Waals surface area contributed by atoms with Crippen molar-refractivity contribution in [2.24, 2.45) is 0 Å². The smallest absolute Gasteiger partial charge is 0.407 e. The average molecular weight is 320 g/mol. The maximum absolute atomic E-state index is 11.6. The Hall–Kier alpha value is -2.41. The fourth-order valence-corrected chi connectivity index (χ4v) is 2.79. The second kappa shape index (κ2) is 7.56. The van der Waals surface area contributed by atoms with E-state index in [1.807, 2.05) is 30.3 Å². The molecule has 1 aromatic heterocycles. The highest BCUT2D eigenvalue weighted by atomic mass is 32.1. The van der Waals surface area contributed by atoms with E-state index >= 15 is 0 Å². The summed E-state index contributed by atoms with van der Waals surface area (Å²) in [6.07, 6.45) is -0.585. The summed E-state index contributed by atoms with van der Waals surface area (Å²) >= 11 is 1.28. The average Bonchev–Trinajstić information content (AvgIpc) is 2.83. The number of carbonyl (C=O) groups is 2. The summed E-state index contributed by atoms with van der Waals surface area (Å²) in [5.41, 5.74) is 1.59. The van der Waals surface area contributed by atoms with Gasteiger partial charge in [0.05, 0.1) is 18.7 Å². The molecule has 0 saturated carbocycles. The van der Waals surface area contributed by atoms with Crippen molar-refractivity contribution in [1.29, 1.82) is 0 Å². The summed E-state index contributed by atoms with van der Waals surface area (Å²) in [7, 11) is 0. The molecule has 0 radical (unpaired) electrons. The van der Waals surface area contributed by atoms with Crippen LogP contribution in [0.1, 0.15) is 21.1 Å². The molecule has 1 amide bonds. The third-order valence-corrected chi connectivity index (χ3v) is 4.00. The number of hydrogen-bond acceptors (Lipinski definition) is 5. The van der Waals surface area contributed by atoms with Crippen molar-refractivity contribution in [3.05, 3.63) is 51.5 Å². The second-order valence-corrected chi connectivity index (χ2v) is 5.77. The van der Waals surface area contributed by atoms with Gasteiger partial charge in [0.1, 0.15) is 11.6 Å². The fraction of sp³-hybridized carbons (Fsp3) is 0.267. The maximum atomic E-state index is 11.6. The highest BCUT2D eigenvalue weighted by Gasteiger charge is 2.12. The van der Waals surface area contributed by atoms with E-state index < -0.39 is 12.1 Å². The van der Waals surface area contributed by atoms with Crippen molar-refractivity contribution in [1.82, 2.24) is 10.3 Å². The standard InChI is InChI=1S/C15H16N2O4S/c1-10-12(7-14(18)19)22-13(17-10)8-16-15(20)21-9-11-5-3-2-4-6-11/h2-6H,7-9H2,1H3,(H,16,20)(H,18,19). The number of thiazole rings is 1. The van der Waals surface area contributed by atoms with Crippen LogP contribution in [-0.4, -0.2) is 22.2 Å². The molecule has 0 spiro atoms. The van der Waals surface area contributed by atoms with Crippen LogP contribution in [0.25, 0.3) is 0 Å². The Morgan fingerprint density at radius 2 is 2.05 bits per heavy atom. The molecule has 0 aliphatic heterocycles. The minimum absolute atomic E-state index is 0.0536. The van der Waals surface area contributed by atoms with Gasteiger partial charge in [0.2, 0.25) is 0 Å². The summed E-state index contributed by atoms with van der Waals surface area (Å²) in [6, 6.07) is 9.38. The number of rotatable bonds is 6. The van der Waals surface area contributed by atoms with Crippen LogP contribution in [-0.2, 0) is 29.1 Å². The number of nitrogens with zero attached hydrogens (tertiary/aromatic N) is 1. The zero-order valence-electron chi connectivity index (χ0n) is 12.0. The molecule has 1 heterocycles. The number of alkyl carbamates (subject to hydrolysis) is 1. The molecule has 1 aromatic carbocycles. The molecule has 0 unspecified atom stereocenters. The molecule has 2 aromatic rings. The first-order valence-corrected chi connectivity index (χ1v) is 7.48. The SMILES string of the molecule is Cc1nc(CNC(=O)OCc2ccccc2)sc1CC(=O)O. The third-order valence-electron chi connectivity index (χ3n) is 2.85. The first-order chi connectivity index (χ1) is 10.5. The molecule has 6 nitrogen and oxygen atoms in total. The van der Waals surface area contributed by atoms with Gasteiger partial charge in [0.15, 0.2) is 0 Å². The lowest BCUT2D eigenvalue weighted by Gasteiger charge is -2.05. The number of carboxylic acid groups (broad SMARTS) is 1. The molecule has 0 aliphatic rings. The van der Waals surface area contributed by atoms with Crippen LogP contribution < -0.4 is 5.32 Å². The van der Waals surface area contributed by atoms with Crippen LogP contribution in [0.2, 0.25) is 0 Å². The Bertz CT molecular complexity index is 655. The van der Waals surface area contributed by atoms with Crippen molar-refractivity contribution in [3.8, 4) is 0 Å². The van der Waals surface area contributed by atoms with E-state index in [2.05, 4.69) is 10.3 Å². The number of aromatic nitrogens is 1. The molecule has 0 bridgehead atoms. The van der Waals surface area contributed by atoms with Gasteiger partial charge >= 0.3 is 12.1 Å². The minimum atomic E-state index is -0.895. The Morgan fingerprint density at radius 3 is 2.73 bits per heavy atom. The number of carbonyl (C=O) groups excluding carboxylic acids is 1. The Morgan fingerprint density at radius 1 is 1.32 bits per heavy atom. The van der Waals surface area contributed by atoms with Gasteiger partial charge in [-0.1, -0.05) is 30.3 Å². The Balaban J connectivity index is 1.80. The zero-order valence-corrected chi connectivity index (χ0v) is 12.9. The van der Waals surface area contributed by atoms with E-state index in [0.29, 0.717) is 15.6 Å². The fourth-order valence-electron chi connectivity index (χ4n) is 1.79. The summed E-state index contributed by atoms with van der Waals surface area (Å²) in [5, 5.41) is 12.0. The number of ether oxygens (including phenoxy) is 1. The molecule has 0 aliphatic carbocycles. The maximum Gasteiger partial charge on any atom is 0.407 e. The lowest BCUT2D eigenvalue weighted by atomic mass is 10.2. The number of amides is 1. The van der Waals surface area contributed by atoms with Crippen molar-refractivity contribution < 1.29 is 19.4 Å². The minimum Gasteiger partial charge on any atom is -0.481 e. The van der Waals surface area contributed by atoms with E-state index in [1.165, 1.54) is 11.3 Å². The van der Waals surface area contributed by atoms with Gasteiger partial charge < -0.3 is 15.2 Å². The van der Waals surface area contributed by atoms with Crippen LogP contribution >= 0.6 is 11.3 Å². The number of aryl methyl sites for hydroxylation is 1. The first kappa shape index (κ1) is 16.0. The molecule has 22 heavy (non-hydrogen) atoms. The number of aliphatic carboxylic acids is 1. The lowest BCUT2D eigenvalue weighted by molar-refractivity contribution is -0.136. The normalized spacial score (nSPS) is 10.2. The van der Waals surface area contributed by atoms with Gasteiger partial charge in [-0.2, -0.15) is 0 Å². The molecular formula is C15H16N2O4S. The molecule has 0 atom stereocenters. The summed E-state index contributed by atoms with van der Waals surface area (Å²) in [4.78, 5) is 27.2. The number of nitrogens with one attached hydrogen (secondary N) is 1. The van der Waals surface area contributed by atoms with Crippen molar-refractivity contribution >= 4 is 23.4 Å². The summed E-state index contributed by atoms with van der Waals surface area (Å²) in [5.74, 6) is -0.895. The van der Waals surface area contributed by atoms with Crippen LogP contribution in [0.15, 0.2) is 30.3 Å². The zero-order chi connectivity index (χ0) is 15.9. The molecule has 0 saturated heterocycles. The molecule has 0 fully saturated rings. The van der Waals surface area contributed by atoms with E-state index in [-0.39, 0.29) is 19.6 Å². The van der Waals surface area contributed by atoms with E-state index in [0.717, 1.165) is 5.56 Å². The number of benzene rings is 1. The number of carboxylic acids is 1. The van der Waals surface area contributed by atoms with Gasteiger partial charge in [0.25, 0.3) is 0 Å². The van der Waals surface area contributed by atoms with Gasteiger partial charge in [-0.05, 0) is 12.5 Å². The Labute approximate surface area is 131 Å². The largest absolute Gasteiger partial charge is 0.481 e. The van der Waals surface area contributed by atoms with Crippen molar-refractivity contribution in [3.63, 3.8) is 0 Å². The second-order valence-electron chi connectivity index (χ2n) is 4.60. The molecule has 7 heteroatoms. The van der Waals surface area contributed by atoms with Crippen LogP contribution in [0.5, 0.6) is 0 Å². The van der Waals surface area contributed by atoms with Gasteiger partial charge in [-0.25, -0.2) is 9.78 Å². The highest BCUT2D eigenvalue weighted by molar-refractivity contribution is 7.11. The van der Waals surface area contributed by atoms with E-state index in [4.69, 9.17) is 9.84 Å². The number of hydrogen-bond donors (Lipinski definition) is 2. The lowest BCUT2D eigenvalue weighted by Crippen LogP contribution is -2.23. The van der Waals surface area contributed by atoms with E-state index in [1.54, 1.807) is 6.92 Å². The molecule has 2 rings (SSSR count). The molecule has 116 valence electrons. The predicted octanol–water partition coefficient (Wildman–Crippen LogP) is 2.51. The van der Waals surface area contributed by atoms with Crippen LogP contribution in [0.3, 0.4) is 0 Å². The monoisotopic (exact) mass is 320 g/mol. The van der Waals surface area contributed by atoms with Crippen LogP contribution in [0.4, 0.5) is 4.79 Å². The summed E-state index contributed by atoms with van der Waals surface area (Å²) in [6.45, 7) is 2.18. The quantitative estimate of drug-likeness (QED) is 0.853. The Kier molecular flexibility index (Phi) is 5.48. The highest BCUT2D eigenvalue weighted by Crippen LogP contribution is 2.18. The molecule has 2 N–H and O–H groups in total. The molecular weight excluding hydrogens is 304 g/mol. The first-order valence-electron chi connectivity index (χ1n) is 6.66. The van der Waals surface area contributed by atoms with Crippen LogP contribution in [0, 0.1) is 6.92 Å². The van der Waals surface area contributed by atoms with Gasteiger partial charge in [0, 0.05) is 4.88 Å². The van der Waals surface area contributed by atoms with Crippen molar-refractivity contribution in [2.45, 2.75) is 26.5 Å². The van der Waals surface area contributed by atoms with Gasteiger partial charge in [-0.15, -0.1) is 11.3 Å².